The van der Waals surface area contributed by atoms with Gasteiger partial charge in [-0.15, -0.1) is 0 Å². The summed E-state index contributed by atoms with van der Waals surface area (Å²) in [6.45, 7) is 1.95. The van der Waals surface area contributed by atoms with Gasteiger partial charge < -0.3 is 0 Å². The predicted molar refractivity (Wildman–Crippen MR) is 111 cm³/mol. The van der Waals surface area contributed by atoms with E-state index >= 15 is 0 Å². The van der Waals surface area contributed by atoms with Crippen LogP contribution in [-0.4, -0.2) is 20.5 Å². The number of aryl methyl sites for hydroxylation is 1. The molecule has 4 rings (SSSR count). The Labute approximate surface area is 166 Å². The van der Waals surface area contributed by atoms with Crippen LogP contribution in [0.15, 0.2) is 78.9 Å². The van der Waals surface area contributed by atoms with Gasteiger partial charge in [0.05, 0.1) is 11.2 Å². The Morgan fingerprint density at radius 2 is 1.43 bits per heavy atom. The Bertz CT molecular complexity index is 1120. The highest BCUT2D eigenvalue weighted by Gasteiger charge is 2.49. The maximum atomic E-state index is 13.6. The molecule has 0 fully saturated rings. The molecule has 0 spiro atoms. The predicted octanol–water partition coefficient (Wildman–Crippen LogP) is 4.73. The van der Waals surface area contributed by atoms with Crippen LogP contribution in [0, 0.1) is 12.8 Å². The fourth-order valence-electron chi connectivity index (χ4n) is 4.41. The molecule has 0 saturated heterocycles. The molecule has 0 radical (unpaired) electrons. The second kappa shape index (κ2) is 7.02. The van der Waals surface area contributed by atoms with Crippen LogP contribution in [0.5, 0.6) is 0 Å². The minimum Gasteiger partial charge on any atom is -0.294 e. The highest BCUT2D eigenvalue weighted by molar-refractivity contribution is 7.91. The summed E-state index contributed by atoms with van der Waals surface area (Å²) in [7, 11) is -3.50. The quantitative estimate of drug-likeness (QED) is 0.606. The lowest BCUT2D eigenvalue weighted by molar-refractivity contribution is 0.0911. The number of rotatable bonds is 4. The van der Waals surface area contributed by atoms with Crippen molar-refractivity contribution < 1.29 is 13.2 Å². The van der Waals surface area contributed by atoms with Crippen molar-refractivity contribution in [2.75, 3.05) is 6.26 Å². The molecule has 3 atom stereocenters. The Morgan fingerprint density at radius 3 is 2.04 bits per heavy atom. The molecule has 0 saturated carbocycles. The first-order chi connectivity index (χ1) is 13.4. The van der Waals surface area contributed by atoms with Gasteiger partial charge in [-0.05, 0) is 23.6 Å². The third-order valence-electron chi connectivity index (χ3n) is 5.55. The average molecular weight is 391 g/mol. The van der Waals surface area contributed by atoms with E-state index in [9.17, 15) is 13.2 Å². The normalized spacial score (nSPS) is 21.3. The van der Waals surface area contributed by atoms with Crippen molar-refractivity contribution in [1.82, 2.24) is 0 Å². The Kier molecular flexibility index (Phi) is 4.68. The van der Waals surface area contributed by atoms with Gasteiger partial charge in [-0.3, -0.25) is 4.79 Å². The smallest absolute Gasteiger partial charge is 0.168 e. The third-order valence-corrected chi connectivity index (χ3v) is 7.02. The first kappa shape index (κ1) is 18.6. The molecule has 1 aliphatic carbocycles. The van der Waals surface area contributed by atoms with Gasteiger partial charge in [-0.25, -0.2) is 8.42 Å². The molecule has 0 N–H and O–H groups in total. The molecule has 0 bridgehead atoms. The van der Waals surface area contributed by atoms with Crippen molar-refractivity contribution in [3.05, 3.63) is 107 Å². The zero-order valence-corrected chi connectivity index (χ0v) is 16.7. The van der Waals surface area contributed by atoms with Gasteiger partial charge in [-0.1, -0.05) is 84.4 Å². The highest BCUT2D eigenvalue weighted by Crippen LogP contribution is 2.53. The molecule has 142 valence electrons. The van der Waals surface area contributed by atoms with Gasteiger partial charge in [0.2, 0.25) is 0 Å². The van der Waals surface area contributed by atoms with Crippen molar-refractivity contribution in [2.24, 2.45) is 5.92 Å². The summed E-state index contributed by atoms with van der Waals surface area (Å²) in [5, 5.41) is -0.847. The Hall–Kier alpha value is -2.72. The zero-order chi connectivity index (χ0) is 19.9. The molecule has 0 heterocycles. The van der Waals surface area contributed by atoms with Crippen molar-refractivity contribution >= 4 is 15.6 Å². The van der Waals surface area contributed by atoms with E-state index in [-0.39, 0.29) is 11.7 Å². The van der Waals surface area contributed by atoms with E-state index < -0.39 is 21.0 Å². The maximum Gasteiger partial charge on any atom is 0.168 e. The van der Waals surface area contributed by atoms with Gasteiger partial charge in [-0.2, -0.15) is 0 Å². The van der Waals surface area contributed by atoms with Crippen molar-refractivity contribution in [2.45, 2.75) is 18.1 Å². The lowest BCUT2D eigenvalue weighted by Crippen LogP contribution is -2.28. The molecule has 0 amide bonds. The number of ketones is 1. The van der Waals surface area contributed by atoms with E-state index in [1.807, 2.05) is 73.7 Å². The molecule has 0 aliphatic heterocycles. The summed E-state index contributed by atoms with van der Waals surface area (Å²) in [6.07, 6.45) is 1.24. The summed E-state index contributed by atoms with van der Waals surface area (Å²) in [4.78, 5) is 13.6. The highest BCUT2D eigenvalue weighted by atomic mass is 32.2. The second-order valence-corrected chi connectivity index (χ2v) is 9.69. The van der Waals surface area contributed by atoms with Crippen LogP contribution in [0.25, 0.3) is 0 Å². The van der Waals surface area contributed by atoms with Gasteiger partial charge in [0.25, 0.3) is 0 Å². The van der Waals surface area contributed by atoms with Crippen LogP contribution in [0.1, 0.15) is 43.8 Å². The molecular formula is C24H22O3S. The van der Waals surface area contributed by atoms with E-state index in [0.717, 1.165) is 22.3 Å². The summed E-state index contributed by atoms with van der Waals surface area (Å²) >= 11 is 0. The summed E-state index contributed by atoms with van der Waals surface area (Å²) in [5.41, 5.74) is 4.19. The monoisotopic (exact) mass is 390 g/mol. The van der Waals surface area contributed by atoms with Crippen molar-refractivity contribution in [1.29, 1.82) is 0 Å². The number of carbonyl (C=O) groups excluding carboxylic acids is 1. The fourth-order valence-corrected chi connectivity index (χ4v) is 5.89. The lowest BCUT2D eigenvalue weighted by atomic mass is 9.81. The largest absolute Gasteiger partial charge is 0.294 e. The van der Waals surface area contributed by atoms with Crippen LogP contribution in [0.2, 0.25) is 0 Å². The Balaban J connectivity index is 1.97. The average Bonchev–Trinajstić information content (AvgIpc) is 3.03. The SMILES string of the molecule is Cc1ccc2c(c1)[C@H](S(C)(=O)=O)[C@@H](C(=O)c1ccccc1)[C@@H]2c1ccccc1. The standard InChI is InChI=1S/C24H22O3S/c1-16-13-14-19-20(15-16)24(28(2,26)27)22(21(19)17-9-5-3-6-10-17)23(25)18-11-7-4-8-12-18/h3-15,21-22,24H,1-2H3/t21-,22-,24+/m1/s1. The molecule has 3 nitrogen and oxygen atoms in total. The topological polar surface area (TPSA) is 51.2 Å². The van der Waals surface area contributed by atoms with E-state index in [2.05, 4.69) is 0 Å². The van der Waals surface area contributed by atoms with Crippen molar-refractivity contribution in [3.8, 4) is 0 Å². The van der Waals surface area contributed by atoms with Crippen LogP contribution in [0.4, 0.5) is 0 Å². The zero-order valence-electron chi connectivity index (χ0n) is 15.9. The van der Waals surface area contributed by atoms with Crippen molar-refractivity contribution in [3.63, 3.8) is 0 Å². The Morgan fingerprint density at radius 1 is 0.821 bits per heavy atom. The van der Waals surface area contributed by atoms with Crippen LogP contribution in [0.3, 0.4) is 0 Å². The minimum absolute atomic E-state index is 0.126. The third kappa shape index (κ3) is 3.18. The molecule has 0 aromatic heterocycles. The number of Topliss-reactive ketones (excluding diaryl/α,β-unsaturated/α-hetero) is 1. The van der Waals surface area contributed by atoms with E-state index in [0.29, 0.717) is 5.56 Å². The molecular weight excluding hydrogens is 368 g/mol. The van der Waals surface area contributed by atoms with E-state index in [1.165, 1.54) is 6.26 Å². The molecule has 3 aromatic carbocycles. The van der Waals surface area contributed by atoms with E-state index in [4.69, 9.17) is 0 Å². The van der Waals surface area contributed by atoms with Gasteiger partial charge >= 0.3 is 0 Å². The number of hydrogen-bond acceptors (Lipinski definition) is 3. The minimum atomic E-state index is -3.50. The maximum absolute atomic E-state index is 13.6. The first-order valence-corrected chi connectivity index (χ1v) is 11.3. The number of carbonyl (C=O) groups is 1. The van der Waals surface area contributed by atoms with Gasteiger partial charge in [0.1, 0.15) is 0 Å². The summed E-state index contributed by atoms with van der Waals surface area (Å²) in [6, 6.07) is 24.6. The summed E-state index contributed by atoms with van der Waals surface area (Å²) in [5.74, 6) is -1.10. The van der Waals surface area contributed by atoms with Crippen LogP contribution in [-0.2, 0) is 9.84 Å². The number of fused-ring (bicyclic) bond motifs is 1. The molecule has 28 heavy (non-hydrogen) atoms. The number of hydrogen-bond donors (Lipinski definition) is 0. The summed E-state index contributed by atoms with van der Waals surface area (Å²) < 4.78 is 25.8. The van der Waals surface area contributed by atoms with Gasteiger partial charge in [0, 0.05) is 17.7 Å². The molecule has 3 aromatic rings. The fraction of sp³-hybridized carbons (Fsp3) is 0.208. The van der Waals surface area contributed by atoms with Crippen LogP contribution < -0.4 is 0 Å². The first-order valence-electron chi connectivity index (χ1n) is 9.31. The van der Waals surface area contributed by atoms with Crippen LogP contribution >= 0.6 is 0 Å². The lowest BCUT2D eigenvalue weighted by Gasteiger charge is -2.24. The molecule has 0 unspecified atom stereocenters. The molecule has 1 aliphatic rings. The molecule has 4 heteroatoms. The number of benzene rings is 3. The number of sulfone groups is 1. The van der Waals surface area contributed by atoms with Gasteiger partial charge in [0.15, 0.2) is 15.6 Å². The second-order valence-electron chi connectivity index (χ2n) is 7.53. The van der Waals surface area contributed by atoms with E-state index in [1.54, 1.807) is 12.1 Å².